The van der Waals surface area contributed by atoms with Crippen LogP contribution in [0.5, 0.6) is 0 Å². The predicted molar refractivity (Wildman–Crippen MR) is 39.3 cm³/mol. The molecular formula is C8H9NO2. The molecule has 0 aromatic carbocycles. The van der Waals surface area contributed by atoms with Crippen LogP contribution in [0.15, 0.2) is 0 Å². The van der Waals surface area contributed by atoms with Gasteiger partial charge in [-0.2, -0.15) is 0 Å². The molecule has 3 nitrogen and oxygen atoms in total. The molecule has 0 unspecified atom stereocenters. The first kappa shape index (κ1) is 7.80. The largest absolute Gasteiger partial charge is 0.286 e. The van der Waals surface area contributed by atoms with Gasteiger partial charge < -0.3 is 0 Å². The highest BCUT2D eigenvalue weighted by atomic mass is 16.2. The van der Waals surface area contributed by atoms with Gasteiger partial charge in [0.05, 0.1) is 0 Å². The summed E-state index contributed by atoms with van der Waals surface area (Å²) in [7, 11) is 1.48. The maximum absolute atomic E-state index is 11.0. The average Bonchev–Trinajstić information content (AvgIpc) is 1.99. The summed E-state index contributed by atoms with van der Waals surface area (Å²) in [5, 5.41) is 0. The van der Waals surface area contributed by atoms with E-state index in [1.807, 2.05) is 0 Å². The zero-order valence-electron chi connectivity index (χ0n) is 6.33. The molecule has 0 saturated carbocycles. The Bertz CT molecular complexity index is 221. The van der Waals surface area contributed by atoms with Crippen LogP contribution in [0.2, 0.25) is 0 Å². The number of amides is 2. The Kier molecular flexibility index (Phi) is 1.95. The second-order valence-corrected chi connectivity index (χ2v) is 2.62. The van der Waals surface area contributed by atoms with Crippen LogP contribution in [0.3, 0.4) is 0 Å². The topological polar surface area (TPSA) is 37.4 Å². The molecule has 0 spiro atoms. The molecule has 0 N–H and O–H groups in total. The molecule has 1 saturated heterocycles. The van der Waals surface area contributed by atoms with E-state index >= 15 is 0 Å². The number of imide groups is 1. The number of likely N-dealkylation sites (tertiary alicyclic amines) is 1. The number of carbonyl (C=O) groups is 2. The van der Waals surface area contributed by atoms with Crippen LogP contribution < -0.4 is 0 Å². The zero-order valence-corrected chi connectivity index (χ0v) is 6.33. The molecule has 2 amide bonds. The Morgan fingerprint density at radius 2 is 1.91 bits per heavy atom. The highest BCUT2D eigenvalue weighted by molar-refractivity contribution is 5.97. The lowest BCUT2D eigenvalue weighted by atomic mass is 9.97. The van der Waals surface area contributed by atoms with Crippen molar-refractivity contribution >= 4 is 11.8 Å². The minimum Gasteiger partial charge on any atom is -0.286 e. The number of terminal acetylenes is 1. The van der Waals surface area contributed by atoms with Crippen LogP contribution in [-0.2, 0) is 9.59 Å². The van der Waals surface area contributed by atoms with Gasteiger partial charge in [0, 0.05) is 25.8 Å². The SMILES string of the molecule is C#CC1CC(=O)N(C)C(=O)C1. The Hall–Kier alpha value is -1.30. The van der Waals surface area contributed by atoms with E-state index in [0.717, 1.165) is 4.90 Å². The Balaban J connectivity index is 2.71. The van der Waals surface area contributed by atoms with Gasteiger partial charge in [-0.05, 0) is 0 Å². The van der Waals surface area contributed by atoms with Gasteiger partial charge in [0.15, 0.2) is 0 Å². The summed E-state index contributed by atoms with van der Waals surface area (Å²) in [5.74, 6) is 1.87. The summed E-state index contributed by atoms with van der Waals surface area (Å²) < 4.78 is 0. The normalized spacial score (nSPS) is 20.2. The Labute approximate surface area is 65.4 Å². The second-order valence-electron chi connectivity index (χ2n) is 2.62. The number of carbonyl (C=O) groups excluding carboxylic acids is 2. The van der Waals surface area contributed by atoms with E-state index in [0.29, 0.717) is 12.8 Å². The molecule has 0 radical (unpaired) electrons. The fourth-order valence-electron chi connectivity index (χ4n) is 1.02. The third-order valence-corrected chi connectivity index (χ3v) is 1.83. The third kappa shape index (κ3) is 1.40. The van der Waals surface area contributed by atoms with Gasteiger partial charge in [-0.1, -0.05) is 0 Å². The van der Waals surface area contributed by atoms with E-state index in [4.69, 9.17) is 6.42 Å². The third-order valence-electron chi connectivity index (χ3n) is 1.83. The van der Waals surface area contributed by atoms with Gasteiger partial charge >= 0.3 is 0 Å². The lowest BCUT2D eigenvalue weighted by Gasteiger charge is -2.23. The highest BCUT2D eigenvalue weighted by Crippen LogP contribution is 2.16. The quantitative estimate of drug-likeness (QED) is 0.361. The standard InChI is InChI=1S/C8H9NO2/c1-3-6-4-7(10)9(2)8(11)5-6/h1,6H,4-5H2,2H3. The van der Waals surface area contributed by atoms with Crippen LogP contribution in [0, 0.1) is 18.3 Å². The molecule has 0 aromatic heterocycles. The summed E-state index contributed by atoms with van der Waals surface area (Å²) in [6.07, 6.45) is 5.71. The smallest absolute Gasteiger partial charge is 0.230 e. The first-order valence-electron chi connectivity index (χ1n) is 3.40. The van der Waals surface area contributed by atoms with Crippen molar-refractivity contribution in [3.05, 3.63) is 0 Å². The molecule has 1 heterocycles. The molecule has 58 valence electrons. The van der Waals surface area contributed by atoms with Crippen molar-refractivity contribution in [2.45, 2.75) is 12.8 Å². The van der Waals surface area contributed by atoms with E-state index < -0.39 is 0 Å². The molecule has 0 atom stereocenters. The van der Waals surface area contributed by atoms with Gasteiger partial charge in [-0.25, -0.2) is 0 Å². The van der Waals surface area contributed by atoms with Crippen molar-refractivity contribution in [2.75, 3.05) is 7.05 Å². The van der Waals surface area contributed by atoms with E-state index in [9.17, 15) is 9.59 Å². The van der Waals surface area contributed by atoms with Gasteiger partial charge in [-0.3, -0.25) is 14.5 Å². The van der Waals surface area contributed by atoms with Crippen LogP contribution in [0.4, 0.5) is 0 Å². The molecule has 0 aliphatic carbocycles. The van der Waals surface area contributed by atoms with Gasteiger partial charge in [-0.15, -0.1) is 12.3 Å². The Morgan fingerprint density at radius 3 is 2.27 bits per heavy atom. The summed E-state index contributed by atoms with van der Waals surface area (Å²) in [4.78, 5) is 23.1. The first-order chi connectivity index (χ1) is 5.15. The summed E-state index contributed by atoms with van der Waals surface area (Å²) in [6, 6.07) is 0. The molecule has 1 aliphatic rings. The molecule has 0 aromatic rings. The second kappa shape index (κ2) is 2.75. The summed E-state index contributed by atoms with van der Waals surface area (Å²) in [5.41, 5.74) is 0. The van der Waals surface area contributed by atoms with E-state index in [2.05, 4.69) is 5.92 Å². The van der Waals surface area contributed by atoms with Crippen molar-refractivity contribution in [3.63, 3.8) is 0 Å². The summed E-state index contributed by atoms with van der Waals surface area (Å²) >= 11 is 0. The van der Waals surface area contributed by atoms with Crippen molar-refractivity contribution in [1.82, 2.24) is 4.90 Å². The molecule has 3 heteroatoms. The Morgan fingerprint density at radius 1 is 1.45 bits per heavy atom. The number of piperidine rings is 1. The molecular weight excluding hydrogens is 142 g/mol. The van der Waals surface area contributed by atoms with Crippen LogP contribution in [0.1, 0.15) is 12.8 Å². The zero-order chi connectivity index (χ0) is 8.43. The van der Waals surface area contributed by atoms with Crippen LogP contribution in [-0.4, -0.2) is 23.8 Å². The number of nitrogens with zero attached hydrogens (tertiary/aromatic N) is 1. The van der Waals surface area contributed by atoms with Crippen molar-refractivity contribution in [1.29, 1.82) is 0 Å². The number of hydrogen-bond acceptors (Lipinski definition) is 2. The minimum absolute atomic E-state index is 0.177. The molecule has 11 heavy (non-hydrogen) atoms. The molecule has 0 bridgehead atoms. The van der Waals surface area contributed by atoms with Gasteiger partial charge in [0.25, 0.3) is 0 Å². The fourth-order valence-corrected chi connectivity index (χ4v) is 1.02. The van der Waals surface area contributed by atoms with E-state index in [-0.39, 0.29) is 17.7 Å². The fraction of sp³-hybridized carbons (Fsp3) is 0.500. The lowest BCUT2D eigenvalue weighted by molar-refractivity contribution is -0.147. The van der Waals surface area contributed by atoms with Crippen molar-refractivity contribution in [2.24, 2.45) is 5.92 Å². The molecule has 1 fully saturated rings. The van der Waals surface area contributed by atoms with E-state index in [1.54, 1.807) is 0 Å². The monoisotopic (exact) mass is 151 g/mol. The van der Waals surface area contributed by atoms with Crippen molar-refractivity contribution < 1.29 is 9.59 Å². The lowest BCUT2D eigenvalue weighted by Crippen LogP contribution is -2.39. The minimum atomic E-state index is -0.189. The van der Waals surface area contributed by atoms with Crippen molar-refractivity contribution in [3.8, 4) is 12.3 Å². The van der Waals surface area contributed by atoms with Gasteiger partial charge in [0.1, 0.15) is 0 Å². The molecule has 1 aliphatic heterocycles. The predicted octanol–water partition coefficient (Wildman–Crippen LogP) is 0.0146. The molecule has 1 rings (SSSR count). The highest BCUT2D eigenvalue weighted by Gasteiger charge is 2.28. The summed E-state index contributed by atoms with van der Waals surface area (Å²) in [6.45, 7) is 0. The van der Waals surface area contributed by atoms with E-state index in [1.165, 1.54) is 7.05 Å². The van der Waals surface area contributed by atoms with Crippen LogP contribution in [0.25, 0.3) is 0 Å². The maximum atomic E-state index is 11.0. The van der Waals surface area contributed by atoms with Crippen LogP contribution >= 0.6 is 0 Å². The number of rotatable bonds is 0. The average molecular weight is 151 g/mol. The maximum Gasteiger partial charge on any atom is 0.230 e. The first-order valence-corrected chi connectivity index (χ1v) is 3.40. The number of hydrogen-bond donors (Lipinski definition) is 0. The van der Waals surface area contributed by atoms with Gasteiger partial charge in [0.2, 0.25) is 11.8 Å².